The highest BCUT2D eigenvalue weighted by Gasteiger charge is 2.15. The Labute approximate surface area is 154 Å². The number of aromatic amines is 1. The third kappa shape index (κ3) is 2.80. The van der Waals surface area contributed by atoms with Crippen molar-refractivity contribution in [1.29, 1.82) is 0 Å². The highest BCUT2D eigenvalue weighted by Crippen LogP contribution is 2.39. The standard InChI is InChI=1S/C19H16N2O2S.ClH/c1-10(20)11-2-4-12(5-3-11)16-15(22)7-6-14-17(16)13-8-9-24-18(13)19(23)21-14;/h2-10,22H,20H2,1H3,(H,21,23);1H/t10-;/m1./s1. The van der Waals surface area contributed by atoms with Gasteiger partial charge in [-0.25, -0.2) is 0 Å². The molecule has 0 unspecified atom stereocenters. The van der Waals surface area contributed by atoms with Crippen LogP contribution in [0.2, 0.25) is 0 Å². The first-order chi connectivity index (χ1) is 11.6. The fourth-order valence-electron chi connectivity index (χ4n) is 3.08. The molecule has 0 spiro atoms. The highest BCUT2D eigenvalue weighted by atomic mass is 35.5. The predicted molar refractivity (Wildman–Crippen MR) is 107 cm³/mol. The molecule has 25 heavy (non-hydrogen) atoms. The van der Waals surface area contributed by atoms with Crippen LogP contribution in [0.1, 0.15) is 18.5 Å². The van der Waals surface area contributed by atoms with Crippen LogP contribution in [0.3, 0.4) is 0 Å². The molecule has 4 nitrogen and oxygen atoms in total. The van der Waals surface area contributed by atoms with Crippen LogP contribution in [0.4, 0.5) is 0 Å². The molecule has 0 fully saturated rings. The number of nitrogens with two attached hydrogens (primary N) is 1. The largest absolute Gasteiger partial charge is 0.507 e. The smallest absolute Gasteiger partial charge is 0.266 e. The summed E-state index contributed by atoms with van der Waals surface area (Å²) in [7, 11) is 0. The second-order valence-electron chi connectivity index (χ2n) is 5.91. The number of nitrogens with one attached hydrogen (secondary N) is 1. The number of hydrogen-bond acceptors (Lipinski definition) is 4. The number of aromatic nitrogens is 1. The van der Waals surface area contributed by atoms with Gasteiger partial charge in [0.15, 0.2) is 0 Å². The molecule has 0 aliphatic carbocycles. The predicted octanol–water partition coefficient (Wildman–Crippen LogP) is 4.56. The van der Waals surface area contributed by atoms with Crippen molar-refractivity contribution < 1.29 is 5.11 Å². The summed E-state index contributed by atoms with van der Waals surface area (Å²) in [6, 6.07) is 13.1. The number of halogens is 1. The van der Waals surface area contributed by atoms with E-state index in [1.807, 2.05) is 42.6 Å². The van der Waals surface area contributed by atoms with Crippen LogP contribution >= 0.6 is 23.7 Å². The molecular weight excluding hydrogens is 356 g/mol. The maximum Gasteiger partial charge on any atom is 0.266 e. The number of H-pyrrole nitrogens is 1. The Kier molecular flexibility index (Phi) is 4.56. The molecule has 0 saturated heterocycles. The molecule has 2 aromatic carbocycles. The van der Waals surface area contributed by atoms with Crippen molar-refractivity contribution >= 4 is 44.7 Å². The fourth-order valence-corrected chi connectivity index (χ4v) is 3.88. The minimum absolute atomic E-state index is 0. The van der Waals surface area contributed by atoms with Gasteiger partial charge >= 0.3 is 0 Å². The lowest BCUT2D eigenvalue weighted by atomic mass is 9.96. The number of rotatable bonds is 2. The summed E-state index contributed by atoms with van der Waals surface area (Å²) in [5.74, 6) is 0.190. The monoisotopic (exact) mass is 372 g/mol. The molecule has 128 valence electrons. The van der Waals surface area contributed by atoms with Gasteiger partial charge < -0.3 is 15.8 Å². The number of thiophene rings is 1. The Morgan fingerprint density at radius 1 is 1.12 bits per heavy atom. The molecule has 0 amide bonds. The van der Waals surface area contributed by atoms with Gasteiger partial charge in [0.05, 0.1) is 0 Å². The Bertz CT molecular complexity index is 1110. The van der Waals surface area contributed by atoms with Crippen LogP contribution in [0.5, 0.6) is 5.75 Å². The van der Waals surface area contributed by atoms with Crippen molar-refractivity contribution in [3.8, 4) is 16.9 Å². The molecule has 0 saturated carbocycles. The quantitative estimate of drug-likeness (QED) is 0.482. The van der Waals surface area contributed by atoms with Crippen LogP contribution in [-0.4, -0.2) is 10.1 Å². The van der Waals surface area contributed by atoms with Gasteiger partial charge in [-0.1, -0.05) is 24.3 Å². The molecule has 0 radical (unpaired) electrons. The van der Waals surface area contributed by atoms with Gasteiger partial charge in [-0.3, -0.25) is 4.79 Å². The van der Waals surface area contributed by atoms with Gasteiger partial charge in [0, 0.05) is 27.9 Å². The molecule has 1 atom stereocenters. The van der Waals surface area contributed by atoms with E-state index in [1.54, 1.807) is 12.1 Å². The Morgan fingerprint density at radius 2 is 1.84 bits per heavy atom. The molecular formula is C19H17ClN2O2S. The van der Waals surface area contributed by atoms with Crippen molar-refractivity contribution in [2.24, 2.45) is 5.73 Å². The first-order valence-corrected chi connectivity index (χ1v) is 8.55. The number of phenolic OH excluding ortho intramolecular Hbond substituents is 1. The fraction of sp³-hybridized carbons (Fsp3) is 0.105. The SMILES string of the molecule is C[C@@H](N)c1ccc(-c2c(O)ccc3[nH]c(=O)c4sccc4c23)cc1.Cl. The van der Waals surface area contributed by atoms with Gasteiger partial charge in [-0.15, -0.1) is 23.7 Å². The lowest BCUT2D eigenvalue weighted by Crippen LogP contribution is -2.05. The molecule has 0 aliphatic rings. The van der Waals surface area contributed by atoms with Gasteiger partial charge in [0.25, 0.3) is 5.56 Å². The third-order valence-corrected chi connectivity index (χ3v) is 5.21. The second-order valence-corrected chi connectivity index (χ2v) is 6.83. The van der Waals surface area contributed by atoms with E-state index in [0.29, 0.717) is 4.70 Å². The van der Waals surface area contributed by atoms with Crippen molar-refractivity contribution in [2.45, 2.75) is 13.0 Å². The summed E-state index contributed by atoms with van der Waals surface area (Å²) >= 11 is 1.40. The third-order valence-electron chi connectivity index (χ3n) is 4.30. The first kappa shape index (κ1) is 17.5. The minimum Gasteiger partial charge on any atom is -0.507 e. The Balaban J connectivity index is 0.00000182. The summed E-state index contributed by atoms with van der Waals surface area (Å²) in [5.41, 5.74) is 9.18. The molecule has 4 rings (SSSR count). The van der Waals surface area contributed by atoms with E-state index in [2.05, 4.69) is 4.98 Å². The summed E-state index contributed by atoms with van der Waals surface area (Å²) < 4.78 is 0.668. The lowest BCUT2D eigenvalue weighted by molar-refractivity contribution is 0.478. The molecule has 4 aromatic rings. The Morgan fingerprint density at radius 3 is 2.52 bits per heavy atom. The van der Waals surface area contributed by atoms with E-state index in [4.69, 9.17) is 5.73 Å². The molecule has 2 aromatic heterocycles. The van der Waals surface area contributed by atoms with Crippen LogP contribution in [-0.2, 0) is 0 Å². The number of benzene rings is 2. The average molecular weight is 373 g/mol. The van der Waals surface area contributed by atoms with E-state index >= 15 is 0 Å². The Hall–Kier alpha value is -2.34. The maximum absolute atomic E-state index is 12.2. The number of pyridine rings is 1. The van der Waals surface area contributed by atoms with Gasteiger partial charge in [0.2, 0.25) is 0 Å². The highest BCUT2D eigenvalue weighted by molar-refractivity contribution is 7.17. The molecule has 6 heteroatoms. The van der Waals surface area contributed by atoms with Crippen molar-refractivity contribution in [1.82, 2.24) is 4.98 Å². The van der Waals surface area contributed by atoms with Crippen LogP contribution in [0.15, 0.2) is 52.6 Å². The first-order valence-electron chi connectivity index (χ1n) is 7.67. The summed E-state index contributed by atoms with van der Waals surface area (Å²) in [5, 5.41) is 14.1. The van der Waals surface area contributed by atoms with Gasteiger partial charge in [-0.2, -0.15) is 0 Å². The zero-order valence-corrected chi connectivity index (χ0v) is 15.1. The summed E-state index contributed by atoms with van der Waals surface area (Å²) in [6.45, 7) is 1.93. The maximum atomic E-state index is 12.2. The van der Waals surface area contributed by atoms with Gasteiger partial charge in [0.1, 0.15) is 10.4 Å². The molecule has 2 heterocycles. The number of aromatic hydroxyl groups is 1. The average Bonchev–Trinajstić information content (AvgIpc) is 3.06. The van der Waals surface area contributed by atoms with Crippen molar-refractivity contribution in [3.05, 3.63) is 63.8 Å². The lowest BCUT2D eigenvalue weighted by Gasteiger charge is -2.12. The van der Waals surface area contributed by atoms with E-state index in [0.717, 1.165) is 33.0 Å². The van der Waals surface area contributed by atoms with Crippen LogP contribution in [0, 0.1) is 0 Å². The van der Waals surface area contributed by atoms with Crippen LogP contribution in [0.25, 0.3) is 32.1 Å². The van der Waals surface area contributed by atoms with Crippen molar-refractivity contribution in [2.75, 3.05) is 0 Å². The van der Waals surface area contributed by atoms with E-state index in [1.165, 1.54) is 11.3 Å². The van der Waals surface area contributed by atoms with E-state index < -0.39 is 0 Å². The van der Waals surface area contributed by atoms with E-state index in [9.17, 15) is 9.90 Å². The summed E-state index contributed by atoms with van der Waals surface area (Å²) in [6.07, 6.45) is 0. The molecule has 4 N–H and O–H groups in total. The zero-order chi connectivity index (χ0) is 16.8. The van der Waals surface area contributed by atoms with Gasteiger partial charge in [-0.05, 0) is 41.6 Å². The van der Waals surface area contributed by atoms with Crippen molar-refractivity contribution in [3.63, 3.8) is 0 Å². The topological polar surface area (TPSA) is 79.1 Å². The number of fused-ring (bicyclic) bond motifs is 3. The minimum atomic E-state index is -0.101. The zero-order valence-electron chi connectivity index (χ0n) is 13.4. The summed E-state index contributed by atoms with van der Waals surface area (Å²) in [4.78, 5) is 15.1. The van der Waals surface area contributed by atoms with E-state index in [-0.39, 0.29) is 29.8 Å². The second kappa shape index (κ2) is 6.52. The normalized spacial score (nSPS) is 12.2. The molecule has 0 bridgehead atoms. The molecule has 0 aliphatic heterocycles. The van der Waals surface area contributed by atoms with Crippen LogP contribution < -0.4 is 11.3 Å². The number of hydrogen-bond donors (Lipinski definition) is 3. The number of phenols is 1.